The van der Waals surface area contributed by atoms with Gasteiger partial charge in [0.1, 0.15) is 0 Å². The van der Waals surface area contributed by atoms with E-state index in [1.807, 2.05) is 0 Å². The number of aliphatic hydroxyl groups is 1. The molecule has 0 aromatic carbocycles. The van der Waals surface area contributed by atoms with Gasteiger partial charge >= 0.3 is 0 Å². The van der Waals surface area contributed by atoms with Gasteiger partial charge in [-0.25, -0.2) is 0 Å². The van der Waals surface area contributed by atoms with Crippen molar-refractivity contribution in [3.05, 3.63) is 34.2 Å². The van der Waals surface area contributed by atoms with Crippen LogP contribution in [0.2, 0.25) is 0 Å². The summed E-state index contributed by atoms with van der Waals surface area (Å²) in [5.41, 5.74) is 0.669. The van der Waals surface area contributed by atoms with E-state index in [2.05, 4.69) is 11.9 Å². The SMILES string of the molecule is CCCCCCC(O)c1ccc(=O)[nH]c1. The Balaban J connectivity index is 2.36. The third-order valence-corrected chi connectivity index (χ3v) is 2.52. The summed E-state index contributed by atoms with van der Waals surface area (Å²) in [4.78, 5) is 13.4. The van der Waals surface area contributed by atoms with Gasteiger partial charge < -0.3 is 10.1 Å². The average molecular weight is 209 g/mol. The number of nitrogens with one attached hydrogen (secondary N) is 1. The molecule has 0 saturated carbocycles. The lowest BCUT2D eigenvalue weighted by Gasteiger charge is -2.09. The number of H-pyrrole nitrogens is 1. The van der Waals surface area contributed by atoms with E-state index in [0.717, 1.165) is 24.8 Å². The summed E-state index contributed by atoms with van der Waals surface area (Å²) in [7, 11) is 0. The first-order valence-electron chi connectivity index (χ1n) is 5.60. The molecule has 0 fully saturated rings. The molecule has 84 valence electrons. The number of aliphatic hydroxyl groups excluding tert-OH is 1. The first kappa shape index (κ1) is 12.0. The van der Waals surface area contributed by atoms with Gasteiger partial charge in [0, 0.05) is 12.3 Å². The Bertz CT molecular complexity index is 312. The van der Waals surface area contributed by atoms with E-state index in [1.165, 1.54) is 18.9 Å². The second-order valence-electron chi connectivity index (χ2n) is 3.85. The summed E-state index contributed by atoms with van der Waals surface area (Å²) in [6.45, 7) is 2.17. The van der Waals surface area contributed by atoms with E-state index in [-0.39, 0.29) is 5.56 Å². The zero-order valence-corrected chi connectivity index (χ0v) is 9.20. The predicted octanol–water partition coefficient (Wildman–Crippen LogP) is 2.38. The molecule has 0 spiro atoms. The van der Waals surface area contributed by atoms with Crippen LogP contribution in [0, 0.1) is 0 Å². The van der Waals surface area contributed by atoms with Crippen molar-refractivity contribution in [3.63, 3.8) is 0 Å². The minimum Gasteiger partial charge on any atom is -0.388 e. The Morgan fingerprint density at radius 3 is 2.73 bits per heavy atom. The predicted molar refractivity (Wildman–Crippen MR) is 60.8 cm³/mol. The van der Waals surface area contributed by atoms with Gasteiger partial charge in [-0.15, -0.1) is 0 Å². The van der Waals surface area contributed by atoms with Crippen molar-refractivity contribution in [3.8, 4) is 0 Å². The normalized spacial score (nSPS) is 12.7. The highest BCUT2D eigenvalue weighted by Gasteiger charge is 2.06. The molecule has 0 radical (unpaired) electrons. The molecule has 1 unspecified atom stereocenters. The highest BCUT2D eigenvalue weighted by molar-refractivity contribution is 5.11. The molecule has 1 aromatic rings. The fourth-order valence-electron chi connectivity index (χ4n) is 1.56. The summed E-state index contributed by atoms with van der Waals surface area (Å²) in [5.74, 6) is 0. The topological polar surface area (TPSA) is 53.1 Å². The summed E-state index contributed by atoms with van der Waals surface area (Å²) >= 11 is 0. The Kier molecular flexibility index (Phi) is 5.12. The van der Waals surface area contributed by atoms with E-state index >= 15 is 0 Å². The molecule has 0 aliphatic carbocycles. The van der Waals surface area contributed by atoms with E-state index in [1.54, 1.807) is 12.3 Å². The van der Waals surface area contributed by atoms with E-state index in [4.69, 9.17) is 0 Å². The van der Waals surface area contributed by atoms with Gasteiger partial charge in [0.05, 0.1) is 6.10 Å². The monoisotopic (exact) mass is 209 g/mol. The van der Waals surface area contributed by atoms with E-state index in [9.17, 15) is 9.90 Å². The maximum Gasteiger partial charge on any atom is 0.247 e. The summed E-state index contributed by atoms with van der Waals surface area (Å²) in [6.07, 6.45) is 6.54. The largest absolute Gasteiger partial charge is 0.388 e. The van der Waals surface area contributed by atoms with Crippen LogP contribution in [0.4, 0.5) is 0 Å². The highest BCUT2D eigenvalue weighted by atomic mass is 16.3. The first-order chi connectivity index (χ1) is 7.24. The Morgan fingerprint density at radius 2 is 2.13 bits per heavy atom. The first-order valence-corrected chi connectivity index (χ1v) is 5.60. The van der Waals surface area contributed by atoms with Crippen LogP contribution in [-0.2, 0) is 0 Å². The molecule has 3 heteroatoms. The molecule has 0 amide bonds. The van der Waals surface area contributed by atoms with Crippen LogP contribution in [0.25, 0.3) is 0 Å². The van der Waals surface area contributed by atoms with Crippen molar-refractivity contribution < 1.29 is 5.11 Å². The minimum absolute atomic E-state index is 0.128. The molecule has 0 aliphatic rings. The van der Waals surface area contributed by atoms with Gasteiger partial charge in [-0.1, -0.05) is 32.6 Å². The summed E-state index contributed by atoms with van der Waals surface area (Å²) in [6, 6.07) is 3.13. The lowest BCUT2D eigenvalue weighted by atomic mass is 10.0. The number of aromatic nitrogens is 1. The van der Waals surface area contributed by atoms with Gasteiger partial charge in [0.15, 0.2) is 0 Å². The van der Waals surface area contributed by atoms with Crippen molar-refractivity contribution >= 4 is 0 Å². The van der Waals surface area contributed by atoms with Crippen molar-refractivity contribution in [1.82, 2.24) is 4.98 Å². The molecule has 0 aliphatic heterocycles. The number of hydrogen-bond donors (Lipinski definition) is 2. The van der Waals surface area contributed by atoms with Gasteiger partial charge in [-0.2, -0.15) is 0 Å². The number of rotatable bonds is 6. The average Bonchev–Trinajstić information content (AvgIpc) is 2.25. The van der Waals surface area contributed by atoms with Crippen LogP contribution < -0.4 is 5.56 Å². The number of hydrogen-bond acceptors (Lipinski definition) is 2. The molecule has 1 heterocycles. The van der Waals surface area contributed by atoms with Crippen LogP contribution in [0.1, 0.15) is 50.7 Å². The molecular formula is C12H19NO2. The molecule has 15 heavy (non-hydrogen) atoms. The fraction of sp³-hybridized carbons (Fsp3) is 0.583. The van der Waals surface area contributed by atoms with Crippen LogP contribution >= 0.6 is 0 Å². The van der Waals surface area contributed by atoms with Gasteiger partial charge in [-0.3, -0.25) is 4.79 Å². The van der Waals surface area contributed by atoms with Crippen molar-refractivity contribution in [2.45, 2.75) is 45.1 Å². The zero-order valence-electron chi connectivity index (χ0n) is 9.20. The van der Waals surface area contributed by atoms with Gasteiger partial charge in [-0.05, 0) is 18.1 Å². The minimum atomic E-state index is -0.446. The Labute approximate surface area is 90.2 Å². The molecule has 0 bridgehead atoms. The number of pyridine rings is 1. The standard InChI is InChI=1S/C12H19NO2/c1-2-3-4-5-6-11(14)10-7-8-12(15)13-9-10/h7-9,11,14H,2-6H2,1H3,(H,13,15). The lowest BCUT2D eigenvalue weighted by Crippen LogP contribution is -2.06. The maximum absolute atomic E-state index is 10.8. The van der Waals surface area contributed by atoms with Crippen molar-refractivity contribution in [2.75, 3.05) is 0 Å². The quantitative estimate of drug-likeness (QED) is 0.707. The number of aromatic amines is 1. The summed E-state index contributed by atoms with van der Waals surface area (Å²) in [5, 5.41) is 9.79. The highest BCUT2D eigenvalue weighted by Crippen LogP contribution is 2.18. The molecule has 1 rings (SSSR count). The third kappa shape index (κ3) is 4.30. The van der Waals surface area contributed by atoms with Crippen LogP contribution in [0.5, 0.6) is 0 Å². The molecule has 3 nitrogen and oxygen atoms in total. The second-order valence-corrected chi connectivity index (χ2v) is 3.85. The summed E-state index contributed by atoms with van der Waals surface area (Å²) < 4.78 is 0. The Hall–Kier alpha value is -1.09. The Morgan fingerprint density at radius 1 is 1.33 bits per heavy atom. The van der Waals surface area contributed by atoms with Crippen LogP contribution in [-0.4, -0.2) is 10.1 Å². The molecule has 0 saturated heterocycles. The molecular weight excluding hydrogens is 190 g/mol. The smallest absolute Gasteiger partial charge is 0.247 e. The molecule has 1 aromatic heterocycles. The van der Waals surface area contributed by atoms with E-state index < -0.39 is 6.10 Å². The van der Waals surface area contributed by atoms with Crippen molar-refractivity contribution in [1.29, 1.82) is 0 Å². The van der Waals surface area contributed by atoms with Gasteiger partial charge in [0.2, 0.25) is 5.56 Å². The number of unbranched alkanes of at least 4 members (excludes halogenated alkanes) is 3. The van der Waals surface area contributed by atoms with E-state index in [0.29, 0.717) is 0 Å². The molecule has 2 N–H and O–H groups in total. The second kappa shape index (κ2) is 6.40. The third-order valence-electron chi connectivity index (χ3n) is 2.52. The van der Waals surface area contributed by atoms with Gasteiger partial charge in [0.25, 0.3) is 0 Å². The lowest BCUT2D eigenvalue weighted by molar-refractivity contribution is 0.163. The van der Waals surface area contributed by atoms with Crippen LogP contribution in [0.3, 0.4) is 0 Å². The fourth-order valence-corrected chi connectivity index (χ4v) is 1.56. The van der Waals surface area contributed by atoms with Crippen molar-refractivity contribution in [2.24, 2.45) is 0 Å². The molecule has 1 atom stereocenters. The maximum atomic E-state index is 10.8. The zero-order chi connectivity index (χ0) is 11.1. The van der Waals surface area contributed by atoms with Crippen LogP contribution in [0.15, 0.2) is 23.1 Å².